The normalized spacial score (nSPS) is 54.3. The maximum atomic E-state index is 4.31. The first-order valence-corrected chi connectivity index (χ1v) is 9.78. The molecule has 4 fully saturated rings. The molecule has 0 amide bonds. The van der Waals surface area contributed by atoms with Crippen molar-refractivity contribution in [1.82, 2.24) is 0 Å². The van der Waals surface area contributed by atoms with Crippen molar-refractivity contribution < 1.29 is 0 Å². The molecule has 0 saturated heterocycles. The summed E-state index contributed by atoms with van der Waals surface area (Å²) < 4.78 is 0. The Morgan fingerprint density at radius 1 is 0.955 bits per heavy atom. The van der Waals surface area contributed by atoms with E-state index in [0.717, 1.165) is 29.6 Å². The van der Waals surface area contributed by atoms with Crippen molar-refractivity contribution in [3.8, 4) is 0 Å². The lowest BCUT2D eigenvalue weighted by molar-refractivity contribution is -0.101. The van der Waals surface area contributed by atoms with Crippen LogP contribution in [-0.2, 0) is 0 Å². The average molecular weight is 299 g/mol. The quantitative estimate of drug-likeness (QED) is 0.492. The third kappa shape index (κ3) is 1.88. The van der Waals surface area contributed by atoms with Gasteiger partial charge in [0.1, 0.15) is 0 Å². The fraction of sp³-hybridized carbons (Fsp3) is 0.818. The van der Waals surface area contributed by atoms with Crippen molar-refractivity contribution >= 4 is 0 Å². The van der Waals surface area contributed by atoms with Crippen LogP contribution in [0.3, 0.4) is 0 Å². The van der Waals surface area contributed by atoms with Crippen LogP contribution in [0.5, 0.6) is 0 Å². The predicted octanol–water partition coefficient (Wildman–Crippen LogP) is 6.39. The lowest BCUT2D eigenvalue weighted by Gasteiger charge is -2.60. The topological polar surface area (TPSA) is 0 Å². The lowest BCUT2D eigenvalue weighted by Crippen LogP contribution is -2.52. The molecule has 7 unspecified atom stereocenters. The number of hydrogen-bond acceptors (Lipinski definition) is 0. The molecule has 0 heteroatoms. The zero-order chi connectivity index (χ0) is 15.5. The summed E-state index contributed by atoms with van der Waals surface area (Å²) in [5.74, 6) is 4.72. The highest BCUT2D eigenvalue weighted by atomic mass is 14.6. The number of allylic oxidation sites excluding steroid dienone is 2. The maximum Gasteiger partial charge on any atom is -0.0179 e. The molecule has 0 N–H and O–H groups in total. The fourth-order valence-corrected chi connectivity index (χ4v) is 7.58. The third-order valence-electron chi connectivity index (χ3n) is 8.98. The minimum Gasteiger partial charge on any atom is -0.103 e. The first-order chi connectivity index (χ1) is 10.5. The van der Waals surface area contributed by atoms with Crippen LogP contribution in [0, 0.1) is 40.4 Å². The molecule has 0 aromatic heterocycles. The lowest BCUT2D eigenvalue weighted by atomic mass is 9.44. The molecule has 4 rings (SSSR count). The van der Waals surface area contributed by atoms with E-state index in [2.05, 4.69) is 33.1 Å². The molecule has 0 aromatic rings. The Bertz CT molecular complexity index is 488. The minimum atomic E-state index is 0.574. The molecule has 4 aliphatic carbocycles. The Balaban J connectivity index is 1.63. The number of rotatable bonds is 1. The fourth-order valence-electron chi connectivity index (χ4n) is 7.58. The summed E-state index contributed by atoms with van der Waals surface area (Å²) in [4.78, 5) is 0. The molecule has 0 radical (unpaired) electrons. The van der Waals surface area contributed by atoms with Crippen molar-refractivity contribution in [3.05, 3.63) is 24.8 Å². The van der Waals surface area contributed by atoms with Crippen molar-refractivity contribution in [1.29, 1.82) is 0 Å². The summed E-state index contributed by atoms with van der Waals surface area (Å²) in [5.41, 5.74) is 2.73. The van der Waals surface area contributed by atoms with E-state index in [1.54, 1.807) is 0 Å². The summed E-state index contributed by atoms with van der Waals surface area (Å²) in [7, 11) is 0. The zero-order valence-corrected chi connectivity index (χ0v) is 14.7. The predicted molar refractivity (Wildman–Crippen MR) is 94.6 cm³/mol. The number of fused-ring (bicyclic) bond motifs is 5. The number of hydrogen-bond donors (Lipinski definition) is 0. The SMILES string of the molecule is C=CC1CCC2C3CCC4CC(=C)CCC4(C)C3CCC12C. The standard InChI is InChI=1S/C22H34/c1-5-16-7-9-19-18-8-6-17-14-15(2)10-12-22(17,4)20(18)11-13-21(16,19)3/h5,16-20H,1-2,6-14H2,3-4H3. The van der Waals surface area contributed by atoms with Crippen molar-refractivity contribution in [2.75, 3.05) is 0 Å². The van der Waals surface area contributed by atoms with Crippen LogP contribution < -0.4 is 0 Å². The van der Waals surface area contributed by atoms with E-state index in [9.17, 15) is 0 Å². The molecule has 0 spiro atoms. The Kier molecular flexibility index (Phi) is 3.41. The molecule has 0 aliphatic heterocycles. The highest BCUT2D eigenvalue weighted by Crippen LogP contribution is 2.67. The highest BCUT2D eigenvalue weighted by molar-refractivity contribution is 5.14. The van der Waals surface area contributed by atoms with Crippen LogP contribution in [-0.4, -0.2) is 0 Å². The van der Waals surface area contributed by atoms with E-state index in [4.69, 9.17) is 0 Å². The molecule has 0 bridgehead atoms. The second kappa shape index (κ2) is 4.99. The second-order valence-electron chi connectivity index (χ2n) is 9.58. The van der Waals surface area contributed by atoms with Gasteiger partial charge in [0.05, 0.1) is 0 Å². The van der Waals surface area contributed by atoms with Gasteiger partial charge in [0.2, 0.25) is 0 Å². The average Bonchev–Trinajstić information content (AvgIpc) is 2.84. The smallest absolute Gasteiger partial charge is 0.0179 e. The molecule has 4 aliphatic rings. The van der Waals surface area contributed by atoms with Gasteiger partial charge in [-0.3, -0.25) is 0 Å². The Morgan fingerprint density at radius 3 is 2.50 bits per heavy atom. The zero-order valence-electron chi connectivity index (χ0n) is 14.7. The van der Waals surface area contributed by atoms with Crippen LogP contribution in [0.1, 0.15) is 71.6 Å². The van der Waals surface area contributed by atoms with Gasteiger partial charge in [-0.15, -0.1) is 6.58 Å². The molecule has 22 heavy (non-hydrogen) atoms. The summed E-state index contributed by atoms with van der Waals surface area (Å²) in [6, 6.07) is 0. The largest absolute Gasteiger partial charge is 0.103 e. The van der Waals surface area contributed by atoms with E-state index in [1.165, 1.54) is 63.4 Å². The molecular formula is C22H34. The van der Waals surface area contributed by atoms with Gasteiger partial charge in [-0.05, 0) is 98.2 Å². The van der Waals surface area contributed by atoms with Gasteiger partial charge in [0.15, 0.2) is 0 Å². The van der Waals surface area contributed by atoms with Gasteiger partial charge in [-0.1, -0.05) is 32.1 Å². The van der Waals surface area contributed by atoms with Crippen LogP contribution in [0.4, 0.5) is 0 Å². The molecule has 0 aromatic carbocycles. The first-order valence-electron chi connectivity index (χ1n) is 9.78. The van der Waals surface area contributed by atoms with Crippen molar-refractivity contribution in [2.45, 2.75) is 71.6 Å². The Hall–Kier alpha value is -0.520. The van der Waals surface area contributed by atoms with Crippen LogP contribution >= 0.6 is 0 Å². The summed E-state index contributed by atoms with van der Waals surface area (Å²) in [6.45, 7) is 13.7. The van der Waals surface area contributed by atoms with Crippen LogP contribution in [0.15, 0.2) is 24.8 Å². The molecular weight excluding hydrogens is 264 g/mol. The van der Waals surface area contributed by atoms with Gasteiger partial charge < -0.3 is 0 Å². The minimum absolute atomic E-state index is 0.574. The van der Waals surface area contributed by atoms with Gasteiger partial charge in [0.25, 0.3) is 0 Å². The van der Waals surface area contributed by atoms with E-state index in [1.807, 2.05) is 0 Å². The third-order valence-corrected chi connectivity index (χ3v) is 8.98. The van der Waals surface area contributed by atoms with E-state index in [0.29, 0.717) is 10.8 Å². The van der Waals surface area contributed by atoms with Crippen molar-refractivity contribution in [3.63, 3.8) is 0 Å². The van der Waals surface area contributed by atoms with Gasteiger partial charge in [0, 0.05) is 0 Å². The van der Waals surface area contributed by atoms with E-state index < -0.39 is 0 Å². The molecule has 0 nitrogen and oxygen atoms in total. The van der Waals surface area contributed by atoms with E-state index in [-0.39, 0.29) is 0 Å². The van der Waals surface area contributed by atoms with Gasteiger partial charge in [-0.2, -0.15) is 0 Å². The van der Waals surface area contributed by atoms with Crippen LogP contribution in [0.2, 0.25) is 0 Å². The first kappa shape index (κ1) is 15.0. The molecule has 7 atom stereocenters. The van der Waals surface area contributed by atoms with Gasteiger partial charge >= 0.3 is 0 Å². The molecule has 122 valence electrons. The highest BCUT2D eigenvalue weighted by Gasteiger charge is 2.59. The molecule has 0 heterocycles. The maximum absolute atomic E-state index is 4.31. The second-order valence-corrected chi connectivity index (χ2v) is 9.58. The van der Waals surface area contributed by atoms with Crippen molar-refractivity contribution in [2.24, 2.45) is 40.4 Å². The molecule has 4 saturated carbocycles. The Labute approximate surface area is 137 Å². The summed E-state index contributed by atoms with van der Waals surface area (Å²) >= 11 is 0. The van der Waals surface area contributed by atoms with Gasteiger partial charge in [-0.25, -0.2) is 0 Å². The monoisotopic (exact) mass is 298 g/mol. The van der Waals surface area contributed by atoms with E-state index >= 15 is 0 Å². The van der Waals surface area contributed by atoms with Crippen LogP contribution in [0.25, 0.3) is 0 Å². The summed E-state index contributed by atoms with van der Waals surface area (Å²) in [6.07, 6.45) is 15.1. The Morgan fingerprint density at radius 2 is 1.73 bits per heavy atom. The summed E-state index contributed by atoms with van der Waals surface area (Å²) in [5, 5.41) is 0.